The second kappa shape index (κ2) is 7.38. The summed E-state index contributed by atoms with van der Waals surface area (Å²) in [5.74, 6) is -0.106. The molecule has 0 heterocycles. The van der Waals surface area contributed by atoms with Crippen molar-refractivity contribution in [1.82, 2.24) is 0 Å². The lowest BCUT2D eigenvalue weighted by Gasteiger charge is -2.24. The van der Waals surface area contributed by atoms with Gasteiger partial charge in [0, 0.05) is 17.4 Å². The van der Waals surface area contributed by atoms with Crippen LogP contribution in [0, 0.1) is 19.3 Å². The van der Waals surface area contributed by atoms with Crippen LogP contribution in [0.25, 0.3) is 0 Å². The van der Waals surface area contributed by atoms with E-state index in [4.69, 9.17) is 4.74 Å². The minimum Gasteiger partial charge on any atom is -0.497 e. The number of nitrogens with one attached hydrogen (secondary N) is 2. The highest BCUT2D eigenvalue weighted by molar-refractivity contribution is 6.14. The lowest BCUT2D eigenvalue weighted by molar-refractivity contribution is -0.135. The Morgan fingerprint density at radius 1 is 0.920 bits per heavy atom. The first-order valence-electron chi connectivity index (χ1n) is 8.09. The van der Waals surface area contributed by atoms with Gasteiger partial charge in [-0.15, -0.1) is 0 Å². The number of methoxy groups -OCH3 is 1. The van der Waals surface area contributed by atoms with Crippen LogP contribution in [0.15, 0.2) is 42.5 Å². The van der Waals surface area contributed by atoms with Crippen LogP contribution in [0.2, 0.25) is 0 Å². The van der Waals surface area contributed by atoms with Crippen LogP contribution in [0.5, 0.6) is 5.75 Å². The van der Waals surface area contributed by atoms with Gasteiger partial charge in [-0.05, 0) is 51.0 Å². The maximum absolute atomic E-state index is 12.7. The largest absolute Gasteiger partial charge is 0.497 e. The van der Waals surface area contributed by atoms with E-state index in [1.807, 2.05) is 32.0 Å². The minimum atomic E-state index is -1.24. The molecule has 2 aromatic carbocycles. The molecule has 0 aliphatic carbocycles. The van der Waals surface area contributed by atoms with Gasteiger partial charge < -0.3 is 15.4 Å². The quantitative estimate of drug-likeness (QED) is 0.811. The van der Waals surface area contributed by atoms with Crippen LogP contribution in [0.4, 0.5) is 11.4 Å². The van der Waals surface area contributed by atoms with E-state index in [0.717, 1.165) is 16.8 Å². The summed E-state index contributed by atoms with van der Waals surface area (Å²) in [6.07, 6.45) is 0. The number of hydrogen-bond donors (Lipinski definition) is 2. The Morgan fingerprint density at radius 2 is 1.48 bits per heavy atom. The van der Waals surface area contributed by atoms with E-state index in [1.54, 1.807) is 45.2 Å². The van der Waals surface area contributed by atoms with Crippen molar-refractivity contribution in [2.45, 2.75) is 27.7 Å². The Hall–Kier alpha value is -2.82. The van der Waals surface area contributed by atoms with Gasteiger partial charge in [-0.25, -0.2) is 0 Å². The van der Waals surface area contributed by atoms with Gasteiger partial charge >= 0.3 is 0 Å². The molecule has 0 atom stereocenters. The van der Waals surface area contributed by atoms with Crippen molar-refractivity contribution >= 4 is 23.2 Å². The standard InChI is InChI=1S/C20H24N2O3/c1-13-8-6-9-14(2)17(13)22-19(24)20(3,4)18(23)21-15-10-7-11-16(12-15)25-5/h6-12H,1-5H3,(H,21,23)(H,22,24). The van der Waals surface area contributed by atoms with Gasteiger partial charge in [0.15, 0.2) is 0 Å². The Kier molecular flexibility index (Phi) is 5.47. The van der Waals surface area contributed by atoms with Crippen molar-refractivity contribution in [2.24, 2.45) is 5.41 Å². The van der Waals surface area contributed by atoms with Crippen molar-refractivity contribution in [3.63, 3.8) is 0 Å². The number of ether oxygens (including phenoxy) is 1. The molecule has 0 unspecified atom stereocenters. The first-order valence-corrected chi connectivity index (χ1v) is 8.09. The molecule has 0 bridgehead atoms. The van der Waals surface area contributed by atoms with E-state index in [0.29, 0.717) is 11.4 Å². The summed E-state index contributed by atoms with van der Waals surface area (Å²) in [7, 11) is 1.56. The molecule has 0 aliphatic rings. The fourth-order valence-electron chi connectivity index (χ4n) is 2.37. The molecule has 2 rings (SSSR count). The summed E-state index contributed by atoms with van der Waals surface area (Å²) < 4.78 is 5.14. The highest BCUT2D eigenvalue weighted by Gasteiger charge is 2.36. The van der Waals surface area contributed by atoms with Crippen LogP contribution in [-0.4, -0.2) is 18.9 Å². The van der Waals surface area contributed by atoms with Gasteiger partial charge in [-0.2, -0.15) is 0 Å². The lowest BCUT2D eigenvalue weighted by Crippen LogP contribution is -2.41. The molecule has 2 N–H and O–H groups in total. The molecule has 0 spiro atoms. The first kappa shape index (κ1) is 18.5. The summed E-state index contributed by atoms with van der Waals surface area (Å²) >= 11 is 0. The Bertz CT molecular complexity index is 777. The van der Waals surface area contributed by atoms with Crippen molar-refractivity contribution in [3.05, 3.63) is 53.6 Å². The van der Waals surface area contributed by atoms with E-state index >= 15 is 0 Å². The maximum atomic E-state index is 12.7. The number of anilines is 2. The average molecular weight is 340 g/mol. The summed E-state index contributed by atoms with van der Waals surface area (Å²) in [6.45, 7) is 7.05. The van der Waals surface area contributed by atoms with Gasteiger partial charge in [-0.1, -0.05) is 24.3 Å². The van der Waals surface area contributed by atoms with E-state index in [2.05, 4.69) is 10.6 Å². The molecule has 25 heavy (non-hydrogen) atoms. The zero-order valence-electron chi connectivity index (χ0n) is 15.3. The van der Waals surface area contributed by atoms with Crippen molar-refractivity contribution in [2.75, 3.05) is 17.7 Å². The number of para-hydroxylation sites is 1. The summed E-state index contributed by atoms with van der Waals surface area (Å²) in [6, 6.07) is 12.8. The predicted octanol–water partition coefficient (Wildman–Crippen LogP) is 3.92. The number of aryl methyl sites for hydroxylation is 2. The fourth-order valence-corrected chi connectivity index (χ4v) is 2.37. The summed E-state index contributed by atoms with van der Waals surface area (Å²) in [5.41, 5.74) is 2.00. The highest BCUT2D eigenvalue weighted by atomic mass is 16.5. The molecule has 2 amide bonds. The molecule has 0 aliphatic heterocycles. The average Bonchev–Trinajstić information content (AvgIpc) is 2.58. The monoisotopic (exact) mass is 340 g/mol. The molecule has 0 saturated carbocycles. The summed E-state index contributed by atoms with van der Waals surface area (Å²) in [5, 5.41) is 5.66. The van der Waals surface area contributed by atoms with Crippen LogP contribution in [-0.2, 0) is 9.59 Å². The number of hydrogen-bond acceptors (Lipinski definition) is 3. The topological polar surface area (TPSA) is 67.4 Å². The van der Waals surface area contributed by atoms with E-state index < -0.39 is 5.41 Å². The van der Waals surface area contributed by atoms with Crippen LogP contribution < -0.4 is 15.4 Å². The number of rotatable bonds is 5. The zero-order valence-corrected chi connectivity index (χ0v) is 15.3. The molecule has 0 radical (unpaired) electrons. The van der Waals surface area contributed by atoms with Gasteiger partial charge in [0.1, 0.15) is 11.2 Å². The van der Waals surface area contributed by atoms with Gasteiger partial charge in [0.2, 0.25) is 11.8 Å². The minimum absolute atomic E-state index is 0.356. The number of carbonyl (C=O) groups excluding carboxylic acids is 2. The lowest BCUT2D eigenvalue weighted by atomic mass is 9.90. The zero-order chi connectivity index (χ0) is 18.6. The second-order valence-corrected chi connectivity index (χ2v) is 6.53. The predicted molar refractivity (Wildman–Crippen MR) is 100.0 cm³/mol. The number of benzene rings is 2. The Balaban J connectivity index is 2.15. The normalized spacial score (nSPS) is 10.9. The second-order valence-electron chi connectivity index (χ2n) is 6.53. The third-order valence-electron chi connectivity index (χ3n) is 4.18. The van der Waals surface area contributed by atoms with Gasteiger partial charge in [0.25, 0.3) is 0 Å². The van der Waals surface area contributed by atoms with Gasteiger partial charge in [-0.3, -0.25) is 9.59 Å². The SMILES string of the molecule is COc1cccc(NC(=O)C(C)(C)C(=O)Nc2c(C)cccc2C)c1. The molecule has 2 aromatic rings. The molecule has 5 nitrogen and oxygen atoms in total. The van der Waals surface area contributed by atoms with E-state index in [-0.39, 0.29) is 11.8 Å². The third-order valence-corrected chi connectivity index (χ3v) is 4.18. The van der Waals surface area contributed by atoms with Gasteiger partial charge in [0.05, 0.1) is 7.11 Å². The van der Waals surface area contributed by atoms with Crippen molar-refractivity contribution in [3.8, 4) is 5.75 Å². The maximum Gasteiger partial charge on any atom is 0.239 e. The molecular weight excluding hydrogens is 316 g/mol. The molecule has 132 valence electrons. The molecule has 0 saturated heterocycles. The number of carbonyl (C=O) groups is 2. The summed E-state index contributed by atoms with van der Waals surface area (Å²) in [4.78, 5) is 25.3. The smallest absolute Gasteiger partial charge is 0.239 e. The van der Waals surface area contributed by atoms with Crippen LogP contribution >= 0.6 is 0 Å². The molecular formula is C20H24N2O3. The van der Waals surface area contributed by atoms with Crippen molar-refractivity contribution in [1.29, 1.82) is 0 Å². The fraction of sp³-hybridized carbons (Fsp3) is 0.300. The van der Waals surface area contributed by atoms with Crippen molar-refractivity contribution < 1.29 is 14.3 Å². The Labute approximate surface area is 148 Å². The van der Waals surface area contributed by atoms with E-state index in [9.17, 15) is 9.59 Å². The molecule has 0 fully saturated rings. The van der Waals surface area contributed by atoms with Crippen LogP contribution in [0.1, 0.15) is 25.0 Å². The third kappa shape index (κ3) is 4.18. The van der Waals surface area contributed by atoms with Crippen LogP contribution in [0.3, 0.4) is 0 Å². The number of amides is 2. The van der Waals surface area contributed by atoms with E-state index in [1.165, 1.54) is 0 Å². The first-order chi connectivity index (χ1) is 11.8. The molecule has 0 aromatic heterocycles. The Morgan fingerprint density at radius 3 is 2.08 bits per heavy atom. The molecule has 5 heteroatoms. The highest BCUT2D eigenvalue weighted by Crippen LogP contribution is 2.26.